The van der Waals surface area contributed by atoms with Crippen LogP contribution < -0.4 is 5.32 Å². The molecule has 1 aromatic carbocycles. The highest BCUT2D eigenvalue weighted by Gasteiger charge is 2.02. The maximum atomic E-state index is 10.2. The molecule has 2 aromatic rings. The number of fused-ring (bicyclic) bond motifs is 1. The van der Waals surface area contributed by atoms with Gasteiger partial charge in [-0.05, 0) is 12.1 Å². The Labute approximate surface area is 89.9 Å². The third-order valence-electron chi connectivity index (χ3n) is 1.80. The summed E-state index contributed by atoms with van der Waals surface area (Å²) in [4.78, 5) is 17.6. The summed E-state index contributed by atoms with van der Waals surface area (Å²) < 4.78 is 0. The van der Waals surface area contributed by atoms with Crippen LogP contribution in [0.25, 0.3) is 11.0 Å². The van der Waals surface area contributed by atoms with Crippen LogP contribution in [-0.4, -0.2) is 27.0 Å². The van der Waals surface area contributed by atoms with Crippen molar-refractivity contribution in [2.24, 2.45) is 0 Å². The lowest BCUT2D eigenvalue weighted by Crippen LogP contribution is -2.19. The number of benzene rings is 1. The molecule has 0 saturated heterocycles. The molecule has 0 aliphatic carbocycles. The Morgan fingerprint density at radius 2 is 2.33 bits per heavy atom. The Hall–Kier alpha value is -1.69. The van der Waals surface area contributed by atoms with Crippen molar-refractivity contribution < 1.29 is 9.90 Å². The van der Waals surface area contributed by atoms with E-state index in [0.29, 0.717) is 5.16 Å². The first-order valence-corrected chi connectivity index (χ1v) is 5.28. The summed E-state index contributed by atoms with van der Waals surface area (Å²) in [5.41, 5.74) is 1.84. The maximum absolute atomic E-state index is 10.2. The summed E-state index contributed by atoms with van der Waals surface area (Å²) in [6.07, 6.45) is -1.03. The van der Waals surface area contributed by atoms with Crippen LogP contribution in [0.2, 0.25) is 0 Å². The molecule has 0 unspecified atom stereocenters. The fourth-order valence-corrected chi connectivity index (χ4v) is 1.84. The number of nitrogens with one attached hydrogen (secondary N) is 2. The van der Waals surface area contributed by atoms with E-state index in [4.69, 9.17) is 5.11 Å². The summed E-state index contributed by atoms with van der Waals surface area (Å²) in [5, 5.41) is 11.3. The molecule has 0 saturated carbocycles. The van der Waals surface area contributed by atoms with Gasteiger partial charge >= 0.3 is 6.09 Å². The molecule has 0 atom stereocenters. The minimum Gasteiger partial charge on any atom is -0.465 e. The second-order valence-corrected chi connectivity index (χ2v) is 3.79. The SMILES string of the molecule is O=C(O)NCSc1nc2ccccc2[nH]1. The van der Waals surface area contributed by atoms with E-state index >= 15 is 0 Å². The van der Waals surface area contributed by atoms with Crippen LogP contribution in [-0.2, 0) is 0 Å². The Balaban J connectivity index is 2.05. The van der Waals surface area contributed by atoms with E-state index in [2.05, 4.69) is 15.3 Å². The molecule has 1 heterocycles. The molecule has 2 rings (SSSR count). The number of carbonyl (C=O) groups is 1. The standard InChI is InChI=1S/C9H9N3O2S/c13-9(14)10-5-15-8-11-6-3-1-2-4-7(6)12-8/h1-4,10H,5H2,(H,11,12)(H,13,14). The number of imidazole rings is 1. The number of hydrogen-bond donors (Lipinski definition) is 3. The molecule has 0 spiro atoms. The lowest BCUT2D eigenvalue weighted by Gasteiger charge is -1.96. The van der Waals surface area contributed by atoms with E-state index in [1.54, 1.807) is 0 Å². The molecule has 0 fully saturated rings. The van der Waals surface area contributed by atoms with Gasteiger partial charge in [-0.3, -0.25) is 0 Å². The van der Waals surface area contributed by atoms with Gasteiger partial charge in [0.15, 0.2) is 5.16 Å². The maximum Gasteiger partial charge on any atom is 0.405 e. The van der Waals surface area contributed by atoms with Crippen molar-refractivity contribution >= 4 is 28.9 Å². The zero-order valence-electron chi connectivity index (χ0n) is 7.73. The first kappa shape index (κ1) is 9.85. The number of amides is 1. The molecule has 1 amide bonds. The highest BCUT2D eigenvalue weighted by atomic mass is 32.2. The Morgan fingerprint density at radius 3 is 3.07 bits per heavy atom. The number of thioether (sulfide) groups is 1. The summed E-state index contributed by atoms with van der Waals surface area (Å²) in [5.74, 6) is 0.287. The lowest BCUT2D eigenvalue weighted by atomic mass is 10.3. The monoisotopic (exact) mass is 223 g/mol. The molecular weight excluding hydrogens is 214 g/mol. The predicted octanol–water partition coefficient (Wildman–Crippen LogP) is 1.88. The van der Waals surface area contributed by atoms with Crippen molar-refractivity contribution in [3.8, 4) is 0 Å². The van der Waals surface area contributed by atoms with Crippen LogP contribution in [0.15, 0.2) is 29.4 Å². The van der Waals surface area contributed by atoms with Crippen LogP contribution >= 0.6 is 11.8 Å². The smallest absolute Gasteiger partial charge is 0.405 e. The molecule has 0 radical (unpaired) electrons. The van der Waals surface area contributed by atoms with Gasteiger partial charge in [0.25, 0.3) is 0 Å². The number of hydrogen-bond acceptors (Lipinski definition) is 3. The minimum absolute atomic E-state index is 0.287. The van der Waals surface area contributed by atoms with E-state index in [1.165, 1.54) is 11.8 Å². The van der Waals surface area contributed by atoms with Crippen molar-refractivity contribution in [3.63, 3.8) is 0 Å². The highest BCUT2D eigenvalue weighted by Crippen LogP contribution is 2.17. The zero-order valence-corrected chi connectivity index (χ0v) is 8.54. The normalized spacial score (nSPS) is 10.4. The first-order chi connectivity index (χ1) is 7.25. The van der Waals surface area contributed by atoms with Crippen molar-refractivity contribution in [1.29, 1.82) is 0 Å². The summed E-state index contributed by atoms with van der Waals surface area (Å²) in [7, 11) is 0. The van der Waals surface area contributed by atoms with Crippen LogP contribution in [0.4, 0.5) is 4.79 Å². The quantitative estimate of drug-likeness (QED) is 0.548. The number of carboxylic acid groups (broad SMARTS) is 1. The number of aromatic nitrogens is 2. The van der Waals surface area contributed by atoms with E-state index < -0.39 is 6.09 Å². The molecule has 78 valence electrons. The number of para-hydroxylation sites is 2. The molecule has 3 N–H and O–H groups in total. The van der Waals surface area contributed by atoms with Crippen LogP contribution in [0.1, 0.15) is 0 Å². The van der Waals surface area contributed by atoms with E-state index in [0.717, 1.165) is 11.0 Å². The van der Waals surface area contributed by atoms with Crippen LogP contribution in [0, 0.1) is 0 Å². The van der Waals surface area contributed by atoms with Gasteiger partial charge in [0.2, 0.25) is 0 Å². The number of H-pyrrole nitrogens is 1. The van der Waals surface area contributed by atoms with Gasteiger partial charge in [-0.25, -0.2) is 9.78 Å². The average molecular weight is 223 g/mol. The third kappa shape index (κ3) is 2.41. The van der Waals surface area contributed by atoms with Crippen molar-refractivity contribution in [1.82, 2.24) is 15.3 Å². The highest BCUT2D eigenvalue weighted by molar-refractivity contribution is 7.99. The lowest BCUT2D eigenvalue weighted by molar-refractivity contribution is 0.196. The fraction of sp³-hybridized carbons (Fsp3) is 0.111. The van der Waals surface area contributed by atoms with Gasteiger partial charge in [0, 0.05) is 0 Å². The topological polar surface area (TPSA) is 78.0 Å². The summed E-state index contributed by atoms with van der Waals surface area (Å²) in [6.45, 7) is 0. The predicted molar refractivity (Wildman–Crippen MR) is 58.0 cm³/mol. The van der Waals surface area contributed by atoms with Crippen molar-refractivity contribution in [2.45, 2.75) is 5.16 Å². The molecule has 0 aliphatic rings. The second-order valence-electron chi connectivity index (χ2n) is 2.83. The van der Waals surface area contributed by atoms with Gasteiger partial charge in [-0.2, -0.15) is 0 Å². The Morgan fingerprint density at radius 1 is 1.53 bits per heavy atom. The van der Waals surface area contributed by atoms with Crippen LogP contribution in [0.3, 0.4) is 0 Å². The number of aromatic amines is 1. The Bertz CT molecular complexity index is 450. The molecule has 5 nitrogen and oxygen atoms in total. The third-order valence-corrected chi connectivity index (χ3v) is 2.56. The second kappa shape index (κ2) is 4.22. The zero-order chi connectivity index (χ0) is 10.7. The largest absolute Gasteiger partial charge is 0.465 e. The average Bonchev–Trinajstić information content (AvgIpc) is 2.59. The Kier molecular flexibility index (Phi) is 2.77. The summed E-state index contributed by atoms with van der Waals surface area (Å²) in [6, 6.07) is 7.66. The molecule has 0 bridgehead atoms. The molecule has 15 heavy (non-hydrogen) atoms. The van der Waals surface area contributed by atoms with E-state index in [9.17, 15) is 4.79 Å². The van der Waals surface area contributed by atoms with Crippen LogP contribution in [0.5, 0.6) is 0 Å². The molecule has 6 heteroatoms. The van der Waals surface area contributed by atoms with Gasteiger partial charge in [-0.15, -0.1) is 0 Å². The van der Waals surface area contributed by atoms with Crippen molar-refractivity contribution in [2.75, 3.05) is 5.88 Å². The summed E-state index contributed by atoms with van der Waals surface area (Å²) >= 11 is 1.32. The van der Waals surface area contributed by atoms with E-state index in [-0.39, 0.29) is 5.88 Å². The van der Waals surface area contributed by atoms with Gasteiger partial charge in [0.05, 0.1) is 16.9 Å². The molecule has 0 aliphatic heterocycles. The number of rotatable bonds is 3. The van der Waals surface area contributed by atoms with E-state index in [1.807, 2.05) is 24.3 Å². The van der Waals surface area contributed by atoms with Gasteiger partial charge in [-0.1, -0.05) is 23.9 Å². The molecule has 1 aromatic heterocycles. The first-order valence-electron chi connectivity index (χ1n) is 4.30. The molecular formula is C9H9N3O2S. The fourth-order valence-electron chi connectivity index (χ4n) is 1.16. The van der Waals surface area contributed by atoms with Gasteiger partial charge < -0.3 is 15.4 Å². The van der Waals surface area contributed by atoms with Gasteiger partial charge in [0.1, 0.15) is 0 Å². The van der Waals surface area contributed by atoms with Crippen molar-refractivity contribution in [3.05, 3.63) is 24.3 Å². The number of nitrogens with zero attached hydrogens (tertiary/aromatic N) is 1. The minimum atomic E-state index is -1.03.